The second-order valence-corrected chi connectivity index (χ2v) is 5.20. The number of hydrogen-bond acceptors (Lipinski definition) is 3. The molecule has 0 bridgehead atoms. The van der Waals surface area contributed by atoms with Gasteiger partial charge in [-0.2, -0.15) is 0 Å². The standard InChI is InChI=1S/C13H18ClFN2O2/c1-13(12(18)19,16-6-7-17(2)3)9-4-5-11(15)10(14)8-9/h4-5,8,16H,6-7H2,1-3H3,(H,18,19). The molecular formula is C13H18ClFN2O2. The van der Waals surface area contributed by atoms with E-state index in [1.54, 1.807) is 0 Å². The minimum Gasteiger partial charge on any atom is -0.480 e. The number of rotatable bonds is 6. The zero-order valence-electron chi connectivity index (χ0n) is 11.2. The first-order chi connectivity index (χ1) is 8.77. The van der Waals surface area contributed by atoms with E-state index in [1.165, 1.54) is 25.1 Å². The lowest BCUT2D eigenvalue weighted by molar-refractivity contribution is -0.144. The predicted molar refractivity (Wildman–Crippen MR) is 73.0 cm³/mol. The number of carboxylic acids is 1. The molecule has 0 radical (unpaired) electrons. The zero-order valence-corrected chi connectivity index (χ0v) is 12.0. The highest BCUT2D eigenvalue weighted by Crippen LogP contribution is 2.25. The molecule has 4 nitrogen and oxygen atoms in total. The molecule has 0 aliphatic heterocycles. The topological polar surface area (TPSA) is 52.6 Å². The fourth-order valence-electron chi connectivity index (χ4n) is 1.64. The number of carboxylic acid groups (broad SMARTS) is 1. The van der Waals surface area contributed by atoms with Gasteiger partial charge in [-0.3, -0.25) is 5.32 Å². The average Bonchev–Trinajstić information content (AvgIpc) is 2.31. The summed E-state index contributed by atoms with van der Waals surface area (Å²) in [5, 5.41) is 12.3. The molecule has 1 aromatic rings. The van der Waals surface area contributed by atoms with Gasteiger partial charge in [-0.1, -0.05) is 17.7 Å². The van der Waals surface area contributed by atoms with Crippen molar-refractivity contribution in [3.05, 3.63) is 34.6 Å². The van der Waals surface area contributed by atoms with E-state index in [2.05, 4.69) is 5.32 Å². The Labute approximate surface area is 117 Å². The molecule has 0 heterocycles. The van der Waals surface area contributed by atoms with E-state index >= 15 is 0 Å². The van der Waals surface area contributed by atoms with Crippen molar-refractivity contribution in [2.45, 2.75) is 12.5 Å². The molecule has 0 aromatic heterocycles. The number of nitrogens with zero attached hydrogens (tertiary/aromatic N) is 1. The Balaban J connectivity index is 2.97. The lowest BCUT2D eigenvalue weighted by Gasteiger charge is -2.28. The maximum absolute atomic E-state index is 13.1. The monoisotopic (exact) mass is 288 g/mol. The molecule has 0 aliphatic rings. The van der Waals surface area contributed by atoms with Crippen molar-refractivity contribution in [1.29, 1.82) is 0 Å². The maximum Gasteiger partial charge on any atom is 0.328 e. The van der Waals surface area contributed by atoms with E-state index in [-0.39, 0.29) is 5.02 Å². The molecule has 2 N–H and O–H groups in total. The molecule has 19 heavy (non-hydrogen) atoms. The van der Waals surface area contributed by atoms with E-state index in [1.807, 2.05) is 19.0 Å². The smallest absolute Gasteiger partial charge is 0.328 e. The van der Waals surface area contributed by atoms with Crippen LogP contribution in [0.5, 0.6) is 0 Å². The van der Waals surface area contributed by atoms with Crippen molar-refractivity contribution in [3.63, 3.8) is 0 Å². The summed E-state index contributed by atoms with van der Waals surface area (Å²) in [4.78, 5) is 13.4. The number of nitrogens with one attached hydrogen (secondary N) is 1. The molecule has 106 valence electrons. The second kappa shape index (κ2) is 6.32. The van der Waals surface area contributed by atoms with Crippen molar-refractivity contribution in [2.24, 2.45) is 0 Å². The fourth-order valence-corrected chi connectivity index (χ4v) is 1.82. The van der Waals surface area contributed by atoms with Crippen LogP contribution in [0.15, 0.2) is 18.2 Å². The number of benzene rings is 1. The van der Waals surface area contributed by atoms with Gasteiger partial charge < -0.3 is 10.0 Å². The summed E-state index contributed by atoms with van der Waals surface area (Å²) in [6.07, 6.45) is 0. The summed E-state index contributed by atoms with van der Waals surface area (Å²) in [5.41, 5.74) is -0.877. The van der Waals surface area contributed by atoms with Gasteiger partial charge in [0.05, 0.1) is 5.02 Å². The molecule has 0 saturated heterocycles. The van der Waals surface area contributed by atoms with Crippen LogP contribution in [-0.4, -0.2) is 43.2 Å². The van der Waals surface area contributed by atoms with Crippen LogP contribution < -0.4 is 5.32 Å². The van der Waals surface area contributed by atoms with Gasteiger partial charge in [-0.15, -0.1) is 0 Å². The van der Waals surface area contributed by atoms with Crippen molar-refractivity contribution in [2.75, 3.05) is 27.2 Å². The first-order valence-corrected chi connectivity index (χ1v) is 6.24. The molecule has 1 rings (SSSR count). The van der Waals surface area contributed by atoms with Gasteiger partial charge in [-0.05, 0) is 38.7 Å². The highest BCUT2D eigenvalue weighted by molar-refractivity contribution is 6.30. The normalized spacial score (nSPS) is 14.4. The third-order valence-corrected chi connectivity index (χ3v) is 3.25. The van der Waals surface area contributed by atoms with Crippen molar-refractivity contribution in [3.8, 4) is 0 Å². The fraction of sp³-hybridized carbons (Fsp3) is 0.462. The summed E-state index contributed by atoms with van der Waals surface area (Å²) in [6, 6.07) is 3.94. The SMILES string of the molecule is CN(C)CCNC(C)(C(=O)O)c1ccc(F)c(Cl)c1. The average molecular weight is 289 g/mol. The quantitative estimate of drug-likeness (QED) is 0.840. The van der Waals surface area contributed by atoms with Crippen LogP contribution >= 0.6 is 11.6 Å². The van der Waals surface area contributed by atoms with Gasteiger partial charge >= 0.3 is 5.97 Å². The molecule has 0 spiro atoms. The lowest BCUT2D eigenvalue weighted by Crippen LogP contribution is -2.48. The summed E-state index contributed by atoms with van der Waals surface area (Å²) in [7, 11) is 3.79. The van der Waals surface area contributed by atoms with E-state index in [0.29, 0.717) is 18.7 Å². The Morgan fingerprint density at radius 1 is 1.53 bits per heavy atom. The highest BCUT2D eigenvalue weighted by Gasteiger charge is 2.35. The largest absolute Gasteiger partial charge is 0.480 e. The van der Waals surface area contributed by atoms with Gasteiger partial charge in [0, 0.05) is 13.1 Å². The van der Waals surface area contributed by atoms with E-state index in [4.69, 9.17) is 11.6 Å². The Kier molecular flexibility index (Phi) is 5.29. The first kappa shape index (κ1) is 15.9. The van der Waals surface area contributed by atoms with Crippen LogP contribution in [0.1, 0.15) is 12.5 Å². The van der Waals surface area contributed by atoms with Crippen LogP contribution in [0, 0.1) is 5.82 Å². The maximum atomic E-state index is 13.1. The first-order valence-electron chi connectivity index (χ1n) is 5.86. The van der Waals surface area contributed by atoms with E-state index in [9.17, 15) is 14.3 Å². The number of carbonyl (C=O) groups is 1. The van der Waals surface area contributed by atoms with Gasteiger partial charge in [-0.25, -0.2) is 9.18 Å². The molecular weight excluding hydrogens is 271 g/mol. The molecule has 0 amide bonds. The Morgan fingerprint density at radius 3 is 2.63 bits per heavy atom. The van der Waals surface area contributed by atoms with Crippen LogP contribution in [0.2, 0.25) is 5.02 Å². The van der Waals surface area contributed by atoms with Gasteiger partial charge in [0.1, 0.15) is 11.4 Å². The molecule has 0 saturated carbocycles. The number of likely N-dealkylation sites (N-methyl/N-ethyl adjacent to an activating group) is 1. The van der Waals surface area contributed by atoms with Crippen molar-refractivity contribution < 1.29 is 14.3 Å². The van der Waals surface area contributed by atoms with Crippen LogP contribution in [-0.2, 0) is 10.3 Å². The second-order valence-electron chi connectivity index (χ2n) is 4.79. The predicted octanol–water partition coefficient (Wildman–Crippen LogP) is 1.93. The van der Waals surface area contributed by atoms with Gasteiger partial charge in [0.15, 0.2) is 0 Å². The number of aliphatic carboxylic acids is 1. The molecule has 1 unspecified atom stereocenters. The summed E-state index contributed by atoms with van der Waals surface area (Å²) in [5.74, 6) is -1.60. The van der Waals surface area contributed by atoms with E-state index in [0.717, 1.165) is 0 Å². The summed E-state index contributed by atoms with van der Waals surface area (Å²) in [6.45, 7) is 2.72. The molecule has 1 atom stereocenters. The Bertz CT molecular complexity index is 468. The summed E-state index contributed by atoms with van der Waals surface area (Å²) < 4.78 is 13.1. The van der Waals surface area contributed by atoms with Gasteiger partial charge in [0.2, 0.25) is 0 Å². The Morgan fingerprint density at radius 2 is 2.16 bits per heavy atom. The third kappa shape index (κ3) is 3.89. The zero-order chi connectivity index (χ0) is 14.6. The molecule has 0 fully saturated rings. The summed E-state index contributed by atoms with van der Waals surface area (Å²) >= 11 is 5.71. The number of hydrogen-bond donors (Lipinski definition) is 2. The van der Waals surface area contributed by atoms with Crippen LogP contribution in [0.25, 0.3) is 0 Å². The van der Waals surface area contributed by atoms with Crippen molar-refractivity contribution >= 4 is 17.6 Å². The molecule has 0 aliphatic carbocycles. The van der Waals surface area contributed by atoms with Crippen molar-refractivity contribution in [1.82, 2.24) is 10.2 Å². The minimum atomic E-state index is -1.30. The van der Waals surface area contributed by atoms with Crippen LogP contribution in [0.4, 0.5) is 4.39 Å². The molecule has 1 aromatic carbocycles. The number of halogens is 2. The van der Waals surface area contributed by atoms with E-state index < -0.39 is 17.3 Å². The minimum absolute atomic E-state index is 0.0839. The van der Waals surface area contributed by atoms with Crippen LogP contribution in [0.3, 0.4) is 0 Å². The lowest BCUT2D eigenvalue weighted by atomic mass is 9.92. The molecule has 6 heteroatoms. The highest BCUT2D eigenvalue weighted by atomic mass is 35.5. The third-order valence-electron chi connectivity index (χ3n) is 2.96. The van der Waals surface area contributed by atoms with Gasteiger partial charge in [0.25, 0.3) is 0 Å². The Hall–Kier alpha value is -1.17.